The summed E-state index contributed by atoms with van der Waals surface area (Å²) in [7, 11) is -4.83. The van der Waals surface area contributed by atoms with Gasteiger partial charge in [0, 0.05) is 6.04 Å². The van der Waals surface area contributed by atoms with Crippen LogP contribution in [0, 0.1) is 0 Å². The third-order valence-electron chi connectivity index (χ3n) is 6.17. The van der Waals surface area contributed by atoms with E-state index in [1.807, 2.05) is 0 Å². The predicted molar refractivity (Wildman–Crippen MR) is 116 cm³/mol. The summed E-state index contributed by atoms with van der Waals surface area (Å²) in [5, 5.41) is 36.4. The maximum atomic E-state index is 11.6. The number of aliphatic hydroxyl groups is 3. The molecule has 0 unspecified atom stereocenters. The Morgan fingerprint density at radius 1 is 1.30 bits per heavy atom. The van der Waals surface area contributed by atoms with E-state index in [9.17, 15) is 29.7 Å². The van der Waals surface area contributed by atoms with Gasteiger partial charge in [-0.2, -0.15) is 15.1 Å². The molecule has 2 aliphatic rings. The Hall–Kier alpha value is -1.41. The van der Waals surface area contributed by atoms with Crippen molar-refractivity contribution in [3.63, 3.8) is 0 Å². The van der Waals surface area contributed by atoms with Crippen molar-refractivity contribution in [2.75, 3.05) is 18.5 Å². The molecule has 3 heterocycles. The predicted octanol–water partition coefficient (Wildman–Crippen LogP) is 0.356. The molecule has 1 saturated carbocycles. The number of fused-ring (bicyclic) bond motifs is 1. The van der Waals surface area contributed by atoms with Crippen LogP contribution >= 0.6 is 19.2 Å². The fourth-order valence-electron chi connectivity index (χ4n) is 4.01. The van der Waals surface area contributed by atoms with Crippen molar-refractivity contribution < 1.29 is 39.1 Å². The maximum absolute atomic E-state index is 11.6. The molecule has 5 atom stereocenters. The second-order valence-corrected chi connectivity index (χ2v) is 10.9. The van der Waals surface area contributed by atoms with Crippen molar-refractivity contribution in [2.24, 2.45) is 0 Å². The van der Waals surface area contributed by atoms with E-state index in [0.29, 0.717) is 11.2 Å². The zero-order chi connectivity index (χ0) is 24.0. The largest absolute Gasteiger partial charge is 0.393 e. The number of nitrogens with one attached hydrogen (secondary N) is 1. The fraction of sp³-hybridized carbons (Fsp3) is 0.722. The van der Waals surface area contributed by atoms with Crippen LogP contribution in [0.1, 0.15) is 38.8 Å². The quantitative estimate of drug-likeness (QED) is 0.212. The minimum Gasteiger partial charge on any atom is -0.393 e. The Bertz CT molecular complexity index is 1050. The van der Waals surface area contributed by atoms with Crippen LogP contribution in [0.2, 0.25) is 5.28 Å². The van der Waals surface area contributed by atoms with Crippen LogP contribution in [-0.4, -0.2) is 87.8 Å². The van der Waals surface area contributed by atoms with E-state index in [4.69, 9.17) is 21.1 Å². The molecule has 0 amide bonds. The van der Waals surface area contributed by atoms with Gasteiger partial charge in [0.2, 0.25) is 5.28 Å². The van der Waals surface area contributed by atoms with Crippen molar-refractivity contribution in [2.45, 2.75) is 68.5 Å². The first-order chi connectivity index (χ1) is 15.5. The van der Waals surface area contributed by atoms with E-state index in [1.165, 1.54) is 10.9 Å². The number of halogens is 1. The number of aromatic nitrogens is 4. The third kappa shape index (κ3) is 4.75. The van der Waals surface area contributed by atoms with E-state index in [-0.39, 0.29) is 17.0 Å². The lowest BCUT2D eigenvalue weighted by Crippen LogP contribution is -2.39. The van der Waals surface area contributed by atoms with Gasteiger partial charge in [-0.1, -0.05) is 12.8 Å². The maximum Gasteiger partial charge on any atom is 0.359 e. The van der Waals surface area contributed by atoms with Crippen molar-refractivity contribution in [1.82, 2.24) is 19.7 Å². The van der Waals surface area contributed by atoms with E-state index in [1.54, 1.807) is 0 Å². The number of aliphatic hydroxyl groups excluding tert-OH is 3. The van der Waals surface area contributed by atoms with Crippen LogP contribution < -0.4 is 5.32 Å². The standard InChI is InChI=1S/C18H27ClN5O8P/c1-18(8-25,33(28,29)30)31-7-11-12(26)13(27)16(32-11)24-15-10(6-20-24)14(22-17(19)23-15)21-9-4-2-3-5-9/h6,9,11-13,16,25-27H,2-5,7-8H2,1H3,(H,21,22,23)(H2,28,29,30)/t11-,12-,13-,16-,18+/m1/s1. The summed E-state index contributed by atoms with van der Waals surface area (Å²) in [6, 6.07) is 0.258. The highest BCUT2D eigenvalue weighted by molar-refractivity contribution is 7.53. The molecule has 2 fully saturated rings. The van der Waals surface area contributed by atoms with E-state index in [2.05, 4.69) is 20.4 Å². The summed E-state index contributed by atoms with van der Waals surface area (Å²) in [4.78, 5) is 27.3. The Labute approximate surface area is 193 Å². The minimum atomic E-state index is -4.83. The van der Waals surface area contributed by atoms with Crippen molar-refractivity contribution >= 4 is 36.0 Å². The molecular weight excluding hydrogens is 481 g/mol. The number of anilines is 1. The van der Waals surface area contributed by atoms with Gasteiger partial charge in [-0.25, -0.2) is 4.68 Å². The highest BCUT2D eigenvalue weighted by Gasteiger charge is 2.48. The number of hydrogen-bond acceptors (Lipinski definition) is 10. The molecule has 2 aromatic rings. The lowest BCUT2D eigenvalue weighted by Gasteiger charge is -2.29. The van der Waals surface area contributed by atoms with Crippen LogP contribution in [0.25, 0.3) is 11.0 Å². The monoisotopic (exact) mass is 507 g/mol. The SMILES string of the molecule is C[C@](CO)(OC[C@H]1O[C@@H](n2ncc3c(NC4CCCC4)nc(Cl)nc32)[C@H](O)[C@@H]1O)P(=O)(O)O. The average Bonchev–Trinajstić information content (AvgIpc) is 3.47. The first kappa shape index (κ1) is 24.7. The first-order valence-electron chi connectivity index (χ1n) is 10.5. The Morgan fingerprint density at radius 2 is 2.00 bits per heavy atom. The Kier molecular flexibility index (Phi) is 6.98. The minimum absolute atomic E-state index is 0.0296. The van der Waals surface area contributed by atoms with Crippen molar-refractivity contribution in [3.05, 3.63) is 11.5 Å². The summed E-state index contributed by atoms with van der Waals surface area (Å²) in [6.45, 7) is -0.412. The summed E-state index contributed by atoms with van der Waals surface area (Å²) in [6.07, 6.45) is 0.542. The molecule has 4 rings (SSSR count). The molecule has 1 aliphatic heterocycles. The lowest BCUT2D eigenvalue weighted by atomic mass is 10.1. The van der Waals surface area contributed by atoms with Crippen LogP contribution in [0.5, 0.6) is 0 Å². The Morgan fingerprint density at radius 3 is 2.64 bits per heavy atom. The molecule has 1 saturated heterocycles. The zero-order valence-corrected chi connectivity index (χ0v) is 19.4. The van der Waals surface area contributed by atoms with Crippen LogP contribution in [0.15, 0.2) is 6.20 Å². The van der Waals surface area contributed by atoms with Crippen molar-refractivity contribution in [3.8, 4) is 0 Å². The molecule has 0 aromatic carbocycles. The zero-order valence-electron chi connectivity index (χ0n) is 17.8. The molecule has 15 heteroatoms. The Balaban J connectivity index is 1.56. The molecule has 1 aliphatic carbocycles. The van der Waals surface area contributed by atoms with E-state index in [0.717, 1.165) is 32.6 Å². The molecule has 13 nitrogen and oxygen atoms in total. The fourth-order valence-corrected chi connectivity index (χ4v) is 4.60. The average molecular weight is 508 g/mol. The van der Waals surface area contributed by atoms with Crippen LogP contribution in [-0.2, 0) is 14.0 Å². The lowest BCUT2D eigenvalue weighted by molar-refractivity contribution is -0.104. The second-order valence-electron chi connectivity index (χ2n) is 8.53. The summed E-state index contributed by atoms with van der Waals surface area (Å²) in [5.41, 5.74) is 0.281. The molecule has 2 aromatic heterocycles. The molecule has 6 N–H and O–H groups in total. The van der Waals surface area contributed by atoms with Gasteiger partial charge in [-0.05, 0) is 31.4 Å². The number of ether oxygens (including phenoxy) is 2. The molecule has 33 heavy (non-hydrogen) atoms. The summed E-state index contributed by atoms with van der Waals surface area (Å²) in [5.74, 6) is 0.511. The number of rotatable bonds is 8. The summed E-state index contributed by atoms with van der Waals surface area (Å²) < 4.78 is 23.8. The summed E-state index contributed by atoms with van der Waals surface area (Å²) >= 11 is 6.12. The molecular formula is C18H27ClN5O8P. The molecule has 0 bridgehead atoms. The normalized spacial score (nSPS) is 28.5. The highest BCUT2D eigenvalue weighted by atomic mass is 35.5. The van der Waals surface area contributed by atoms with Gasteiger partial charge in [0.25, 0.3) is 0 Å². The van der Waals surface area contributed by atoms with Crippen LogP contribution in [0.3, 0.4) is 0 Å². The van der Waals surface area contributed by atoms with Gasteiger partial charge in [0.15, 0.2) is 17.2 Å². The van der Waals surface area contributed by atoms with Gasteiger partial charge in [-0.3, -0.25) is 4.57 Å². The number of nitrogens with zero attached hydrogens (tertiary/aromatic N) is 4. The van der Waals surface area contributed by atoms with E-state index < -0.39 is 50.7 Å². The highest BCUT2D eigenvalue weighted by Crippen LogP contribution is 2.51. The molecule has 0 spiro atoms. The number of hydrogen-bond donors (Lipinski definition) is 6. The van der Waals surface area contributed by atoms with Gasteiger partial charge < -0.3 is 39.9 Å². The van der Waals surface area contributed by atoms with Gasteiger partial charge in [0.05, 0.1) is 24.8 Å². The van der Waals surface area contributed by atoms with Crippen LogP contribution in [0.4, 0.5) is 5.82 Å². The van der Waals surface area contributed by atoms with Crippen molar-refractivity contribution in [1.29, 1.82) is 0 Å². The first-order valence-corrected chi connectivity index (χ1v) is 12.5. The van der Waals surface area contributed by atoms with Gasteiger partial charge in [-0.15, -0.1) is 0 Å². The second kappa shape index (κ2) is 9.33. The smallest absolute Gasteiger partial charge is 0.359 e. The van der Waals surface area contributed by atoms with E-state index >= 15 is 0 Å². The third-order valence-corrected chi connectivity index (χ3v) is 7.84. The van der Waals surface area contributed by atoms with Gasteiger partial charge in [0.1, 0.15) is 24.1 Å². The topological polar surface area (TPSA) is 192 Å². The van der Waals surface area contributed by atoms with Gasteiger partial charge >= 0.3 is 7.60 Å². The molecule has 184 valence electrons. The molecule has 0 radical (unpaired) electrons.